The standard InChI is InChI=1S/C21H36N6OS/c1-2-23-21(24-10-5-12-26-11-3-6-17(16-26)20(22)28)25-18-8-13-27(14-9-18)19-7-4-15-29-19/h4,7,15,17-18H,2-3,5-6,8-14,16H2,1H3,(H2,22,28)(H2,23,24,25). The van der Waals surface area contributed by atoms with Crippen molar-refractivity contribution in [2.24, 2.45) is 16.6 Å². The summed E-state index contributed by atoms with van der Waals surface area (Å²) in [5.41, 5.74) is 5.48. The number of aliphatic imine (C=N–C) groups is 1. The number of hydrogen-bond acceptors (Lipinski definition) is 5. The van der Waals surface area contributed by atoms with Crippen molar-refractivity contribution in [3.05, 3.63) is 17.5 Å². The number of primary amides is 1. The van der Waals surface area contributed by atoms with Gasteiger partial charge in [-0.3, -0.25) is 9.79 Å². The van der Waals surface area contributed by atoms with E-state index in [4.69, 9.17) is 10.7 Å². The van der Waals surface area contributed by atoms with Gasteiger partial charge in [-0.2, -0.15) is 0 Å². The summed E-state index contributed by atoms with van der Waals surface area (Å²) in [6, 6.07) is 4.80. The van der Waals surface area contributed by atoms with Crippen molar-refractivity contribution >= 4 is 28.2 Å². The van der Waals surface area contributed by atoms with Crippen LogP contribution in [0.25, 0.3) is 0 Å². The summed E-state index contributed by atoms with van der Waals surface area (Å²) in [7, 11) is 0. The van der Waals surface area contributed by atoms with Crippen LogP contribution in [0.2, 0.25) is 0 Å². The highest BCUT2D eigenvalue weighted by atomic mass is 32.1. The molecule has 0 aliphatic carbocycles. The molecule has 0 spiro atoms. The lowest BCUT2D eigenvalue weighted by Gasteiger charge is -2.33. The Bertz CT molecular complexity index is 642. The molecule has 2 fully saturated rings. The highest BCUT2D eigenvalue weighted by Gasteiger charge is 2.23. The Morgan fingerprint density at radius 1 is 1.31 bits per heavy atom. The van der Waals surface area contributed by atoms with E-state index in [-0.39, 0.29) is 11.8 Å². The van der Waals surface area contributed by atoms with E-state index in [1.54, 1.807) is 0 Å². The van der Waals surface area contributed by atoms with Crippen LogP contribution in [0.4, 0.5) is 5.00 Å². The zero-order valence-electron chi connectivity index (χ0n) is 17.6. The summed E-state index contributed by atoms with van der Waals surface area (Å²) in [6.45, 7) is 8.80. The number of anilines is 1. The van der Waals surface area contributed by atoms with Crippen molar-refractivity contribution in [3.8, 4) is 0 Å². The molecule has 3 rings (SSSR count). The molecule has 7 nitrogen and oxygen atoms in total. The molecule has 2 aliphatic heterocycles. The number of nitrogens with two attached hydrogens (primary N) is 1. The van der Waals surface area contributed by atoms with E-state index in [9.17, 15) is 4.79 Å². The topological polar surface area (TPSA) is 86.0 Å². The van der Waals surface area contributed by atoms with E-state index in [1.165, 1.54) is 5.00 Å². The minimum atomic E-state index is -0.156. The van der Waals surface area contributed by atoms with Crippen molar-refractivity contribution in [1.29, 1.82) is 0 Å². The Hall–Kier alpha value is -1.80. The minimum absolute atomic E-state index is 0.0197. The van der Waals surface area contributed by atoms with E-state index in [1.807, 2.05) is 11.3 Å². The van der Waals surface area contributed by atoms with Crippen molar-refractivity contribution < 1.29 is 4.79 Å². The summed E-state index contributed by atoms with van der Waals surface area (Å²) in [6.07, 6.45) is 5.25. The van der Waals surface area contributed by atoms with Crippen LogP contribution in [-0.4, -0.2) is 68.6 Å². The molecule has 0 bridgehead atoms. The third-order valence-electron chi connectivity index (χ3n) is 5.81. The minimum Gasteiger partial charge on any atom is -0.369 e. The van der Waals surface area contributed by atoms with Crippen molar-refractivity contribution in [2.75, 3.05) is 50.7 Å². The first-order chi connectivity index (χ1) is 14.2. The molecule has 162 valence electrons. The molecule has 3 heterocycles. The normalized spacial score (nSPS) is 21.9. The number of amides is 1. The zero-order valence-corrected chi connectivity index (χ0v) is 18.4. The second kappa shape index (κ2) is 11.4. The summed E-state index contributed by atoms with van der Waals surface area (Å²) in [5, 5.41) is 10.5. The molecule has 29 heavy (non-hydrogen) atoms. The summed E-state index contributed by atoms with van der Waals surface area (Å²) in [4.78, 5) is 21.0. The van der Waals surface area contributed by atoms with Crippen LogP contribution < -0.4 is 21.3 Å². The first kappa shape index (κ1) is 21.9. The maximum atomic E-state index is 11.4. The first-order valence-corrected chi connectivity index (χ1v) is 11.9. The smallest absolute Gasteiger partial charge is 0.221 e. The summed E-state index contributed by atoms with van der Waals surface area (Å²) in [5.74, 6) is 0.790. The van der Waals surface area contributed by atoms with Crippen molar-refractivity contribution in [3.63, 3.8) is 0 Å². The van der Waals surface area contributed by atoms with Crippen molar-refractivity contribution in [2.45, 2.75) is 45.1 Å². The van der Waals surface area contributed by atoms with Crippen LogP contribution in [0, 0.1) is 5.92 Å². The number of thiophene rings is 1. The van der Waals surface area contributed by atoms with E-state index in [2.05, 4.69) is 44.9 Å². The number of nitrogens with zero attached hydrogens (tertiary/aromatic N) is 3. The van der Waals surface area contributed by atoms with E-state index in [0.717, 1.165) is 83.9 Å². The molecule has 0 aromatic carbocycles. The number of nitrogens with one attached hydrogen (secondary N) is 2. The first-order valence-electron chi connectivity index (χ1n) is 11.0. The van der Waals surface area contributed by atoms with Gasteiger partial charge in [-0.15, -0.1) is 11.3 Å². The number of carbonyl (C=O) groups is 1. The molecule has 2 aliphatic rings. The van der Waals surface area contributed by atoms with Crippen LogP contribution in [0.1, 0.15) is 39.0 Å². The summed E-state index contributed by atoms with van der Waals surface area (Å²) >= 11 is 1.82. The Morgan fingerprint density at radius 2 is 2.14 bits per heavy atom. The van der Waals surface area contributed by atoms with Gasteiger partial charge in [0.1, 0.15) is 0 Å². The molecule has 1 aromatic rings. The largest absolute Gasteiger partial charge is 0.369 e. The van der Waals surface area contributed by atoms with Gasteiger partial charge in [-0.25, -0.2) is 0 Å². The predicted octanol–water partition coefficient (Wildman–Crippen LogP) is 1.86. The summed E-state index contributed by atoms with van der Waals surface area (Å²) < 4.78 is 0. The fraction of sp³-hybridized carbons (Fsp3) is 0.714. The van der Waals surface area contributed by atoms with Gasteiger partial charge in [-0.1, -0.05) is 0 Å². The molecule has 0 saturated carbocycles. The van der Waals surface area contributed by atoms with Gasteiger partial charge < -0.3 is 26.2 Å². The van der Waals surface area contributed by atoms with Gasteiger partial charge in [0.05, 0.1) is 10.9 Å². The van der Waals surface area contributed by atoms with Gasteiger partial charge in [-0.05, 0) is 69.6 Å². The number of guanidine groups is 1. The zero-order chi connectivity index (χ0) is 20.5. The molecule has 1 aromatic heterocycles. The van der Waals surface area contributed by atoms with Crippen LogP contribution in [0.15, 0.2) is 22.5 Å². The van der Waals surface area contributed by atoms with Gasteiger partial charge >= 0.3 is 0 Å². The Labute approximate surface area is 178 Å². The Balaban J connectivity index is 1.39. The average molecular weight is 421 g/mol. The van der Waals surface area contributed by atoms with E-state index in [0.29, 0.717) is 6.04 Å². The Kier molecular flexibility index (Phi) is 8.61. The number of piperidine rings is 2. The van der Waals surface area contributed by atoms with Gasteiger partial charge in [0.15, 0.2) is 5.96 Å². The van der Waals surface area contributed by atoms with Crippen LogP contribution in [-0.2, 0) is 4.79 Å². The molecule has 1 atom stereocenters. The van der Waals surface area contributed by atoms with Crippen LogP contribution in [0.3, 0.4) is 0 Å². The fourth-order valence-electron chi connectivity index (χ4n) is 4.18. The fourth-order valence-corrected chi connectivity index (χ4v) is 4.97. The second-order valence-corrected chi connectivity index (χ2v) is 8.94. The van der Waals surface area contributed by atoms with Crippen molar-refractivity contribution in [1.82, 2.24) is 15.5 Å². The third-order valence-corrected chi connectivity index (χ3v) is 6.74. The molecule has 4 N–H and O–H groups in total. The molecule has 1 unspecified atom stereocenters. The second-order valence-electron chi connectivity index (χ2n) is 8.01. The number of rotatable bonds is 8. The maximum absolute atomic E-state index is 11.4. The lowest BCUT2D eigenvalue weighted by atomic mass is 9.97. The third kappa shape index (κ3) is 6.89. The quantitative estimate of drug-likeness (QED) is 0.340. The van der Waals surface area contributed by atoms with E-state index >= 15 is 0 Å². The number of hydrogen-bond donors (Lipinski definition) is 3. The van der Waals surface area contributed by atoms with E-state index < -0.39 is 0 Å². The lowest BCUT2D eigenvalue weighted by molar-refractivity contribution is -0.123. The molecular formula is C21H36N6OS. The monoisotopic (exact) mass is 420 g/mol. The molecular weight excluding hydrogens is 384 g/mol. The number of likely N-dealkylation sites (tertiary alicyclic amines) is 1. The van der Waals surface area contributed by atoms with Crippen LogP contribution in [0.5, 0.6) is 0 Å². The van der Waals surface area contributed by atoms with Crippen LogP contribution >= 0.6 is 11.3 Å². The highest BCUT2D eigenvalue weighted by Crippen LogP contribution is 2.24. The van der Waals surface area contributed by atoms with Gasteiger partial charge in [0.2, 0.25) is 5.91 Å². The Morgan fingerprint density at radius 3 is 2.83 bits per heavy atom. The maximum Gasteiger partial charge on any atom is 0.221 e. The highest BCUT2D eigenvalue weighted by molar-refractivity contribution is 7.14. The molecule has 1 amide bonds. The SMILES string of the molecule is CCNC(=NCCCN1CCCC(C(N)=O)C1)NC1CCN(c2cccs2)CC1. The number of carbonyl (C=O) groups excluding carboxylic acids is 1. The lowest BCUT2D eigenvalue weighted by Crippen LogP contribution is -2.48. The van der Waals surface area contributed by atoms with Gasteiger partial charge in [0.25, 0.3) is 0 Å². The van der Waals surface area contributed by atoms with Gasteiger partial charge in [0, 0.05) is 38.8 Å². The average Bonchev–Trinajstić information content (AvgIpc) is 3.27. The predicted molar refractivity (Wildman–Crippen MR) is 122 cm³/mol. The molecule has 2 saturated heterocycles. The molecule has 0 radical (unpaired) electrons. The molecule has 8 heteroatoms.